The fraction of sp³-hybridized carbons (Fsp3) is 0.562. The molecule has 0 spiro atoms. The van der Waals surface area contributed by atoms with Crippen LogP contribution in [0.1, 0.15) is 41.6 Å². The lowest BCUT2D eigenvalue weighted by atomic mass is 9.80. The van der Waals surface area contributed by atoms with Crippen LogP contribution < -0.4 is 11.5 Å². The van der Waals surface area contributed by atoms with Crippen molar-refractivity contribution in [1.82, 2.24) is 0 Å². The van der Waals surface area contributed by atoms with Gasteiger partial charge in [-0.3, -0.25) is 4.79 Å². The average Bonchev–Trinajstić information content (AvgIpc) is 2.48. The van der Waals surface area contributed by atoms with E-state index in [0.29, 0.717) is 24.0 Å². The van der Waals surface area contributed by atoms with Crippen molar-refractivity contribution >= 4 is 5.91 Å². The van der Waals surface area contributed by atoms with Crippen molar-refractivity contribution in [2.24, 2.45) is 23.3 Å². The smallest absolute Gasteiger partial charge is 0.248 e. The van der Waals surface area contributed by atoms with Gasteiger partial charge >= 0.3 is 0 Å². The fourth-order valence-electron chi connectivity index (χ4n) is 2.96. The predicted molar refractivity (Wildman–Crippen MR) is 79.1 cm³/mol. The maximum absolute atomic E-state index is 11.1. The third kappa shape index (κ3) is 4.05. The zero-order chi connectivity index (χ0) is 14.4. The maximum Gasteiger partial charge on any atom is 0.248 e. The van der Waals surface area contributed by atoms with Crippen molar-refractivity contribution in [3.05, 3.63) is 35.4 Å². The molecule has 4 heteroatoms. The van der Waals surface area contributed by atoms with Gasteiger partial charge in [-0.1, -0.05) is 25.0 Å². The first kappa shape index (κ1) is 15.0. The van der Waals surface area contributed by atoms with Gasteiger partial charge in [-0.15, -0.1) is 0 Å². The van der Waals surface area contributed by atoms with Gasteiger partial charge < -0.3 is 16.2 Å². The summed E-state index contributed by atoms with van der Waals surface area (Å²) < 4.78 is 5.82. The van der Waals surface area contributed by atoms with Crippen molar-refractivity contribution in [1.29, 1.82) is 0 Å². The largest absolute Gasteiger partial charge is 0.376 e. The Balaban J connectivity index is 1.83. The Kier molecular flexibility index (Phi) is 5.56. The van der Waals surface area contributed by atoms with Gasteiger partial charge in [0.25, 0.3) is 0 Å². The van der Waals surface area contributed by atoms with Gasteiger partial charge in [-0.2, -0.15) is 0 Å². The normalized spacial score (nSPS) is 22.6. The summed E-state index contributed by atoms with van der Waals surface area (Å²) >= 11 is 0. The van der Waals surface area contributed by atoms with Crippen LogP contribution in [0.25, 0.3) is 0 Å². The monoisotopic (exact) mass is 276 g/mol. The molecule has 0 heterocycles. The van der Waals surface area contributed by atoms with E-state index in [4.69, 9.17) is 16.2 Å². The van der Waals surface area contributed by atoms with Crippen molar-refractivity contribution in [3.8, 4) is 0 Å². The van der Waals surface area contributed by atoms with E-state index in [0.717, 1.165) is 18.7 Å². The average molecular weight is 276 g/mol. The Labute approximate surface area is 120 Å². The summed E-state index contributed by atoms with van der Waals surface area (Å²) in [4.78, 5) is 11.1. The molecule has 2 atom stereocenters. The number of ether oxygens (including phenoxy) is 1. The number of primary amides is 1. The van der Waals surface area contributed by atoms with Gasteiger partial charge in [-0.05, 0) is 48.9 Å². The van der Waals surface area contributed by atoms with Crippen LogP contribution in [-0.4, -0.2) is 19.1 Å². The van der Waals surface area contributed by atoms with Crippen LogP contribution in [0, 0.1) is 11.8 Å². The SMILES string of the molecule is NCC1CCCCC1COCc1cccc(C(N)=O)c1. The van der Waals surface area contributed by atoms with Gasteiger partial charge in [0, 0.05) is 5.56 Å². The number of amides is 1. The third-order valence-electron chi connectivity index (χ3n) is 4.18. The Morgan fingerprint density at radius 2 is 2.00 bits per heavy atom. The van der Waals surface area contributed by atoms with Gasteiger partial charge in [0.2, 0.25) is 5.91 Å². The molecule has 1 aromatic carbocycles. The highest BCUT2D eigenvalue weighted by Gasteiger charge is 2.23. The summed E-state index contributed by atoms with van der Waals surface area (Å²) in [5, 5.41) is 0. The molecule has 0 saturated heterocycles. The molecule has 0 bridgehead atoms. The zero-order valence-corrected chi connectivity index (χ0v) is 11.9. The number of benzene rings is 1. The van der Waals surface area contributed by atoms with E-state index in [1.54, 1.807) is 12.1 Å². The highest BCUT2D eigenvalue weighted by molar-refractivity contribution is 5.92. The minimum absolute atomic E-state index is 0.401. The van der Waals surface area contributed by atoms with Crippen LogP contribution in [-0.2, 0) is 11.3 Å². The second-order valence-electron chi connectivity index (χ2n) is 5.62. The van der Waals surface area contributed by atoms with Crippen molar-refractivity contribution < 1.29 is 9.53 Å². The molecule has 4 N–H and O–H groups in total. The molecule has 1 aliphatic carbocycles. The second-order valence-corrected chi connectivity index (χ2v) is 5.62. The molecule has 0 aliphatic heterocycles. The van der Waals surface area contributed by atoms with Crippen LogP contribution in [0.15, 0.2) is 24.3 Å². The quantitative estimate of drug-likeness (QED) is 0.835. The minimum Gasteiger partial charge on any atom is -0.376 e. The van der Waals surface area contributed by atoms with E-state index in [9.17, 15) is 4.79 Å². The summed E-state index contributed by atoms with van der Waals surface area (Å²) in [5.41, 5.74) is 12.6. The highest BCUT2D eigenvalue weighted by Crippen LogP contribution is 2.29. The van der Waals surface area contributed by atoms with Gasteiger partial charge in [0.1, 0.15) is 0 Å². The van der Waals surface area contributed by atoms with Crippen molar-refractivity contribution in [3.63, 3.8) is 0 Å². The Morgan fingerprint density at radius 1 is 1.25 bits per heavy atom. The summed E-state index contributed by atoms with van der Waals surface area (Å²) in [7, 11) is 0. The Bertz CT molecular complexity index is 448. The van der Waals surface area contributed by atoms with Gasteiger partial charge in [0.05, 0.1) is 13.2 Å². The number of carbonyl (C=O) groups excluding carboxylic acids is 1. The molecule has 1 saturated carbocycles. The first-order valence-corrected chi connectivity index (χ1v) is 7.37. The molecule has 110 valence electrons. The molecular formula is C16H24N2O2. The third-order valence-corrected chi connectivity index (χ3v) is 4.18. The van der Waals surface area contributed by atoms with E-state index in [2.05, 4.69) is 0 Å². The molecule has 4 nitrogen and oxygen atoms in total. The van der Waals surface area contributed by atoms with E-state index < -0.39 is 5.91 Å². The van der Waals surface area contributed by atoms with Crippen LogP contribution in [0.3, 0.4) is 0 Å². The van der Waals surface area contributed by atoms with Crippen molar-refractivity contribution in [2.75, 3.05) is 13.2 Å². The number of hydrogen-bond acceptors (Lipinski definition) is 3. The van der Waals surface area contributed by atoms with E-state index >= 15 is 0 Å². The van der Waals surface area contributed by atoms with E-state index in [1.165, 1.54) is 25.7 Å². The predicted octanol–water partition coefficient (Wildman–Crippen LogP) is 2.07. The van der Waals surface area contributed by atoms with Crippen LogP contribution in [0.2, 0.25) is 0 Å². The second kappa shape index (κ2) is 7.41. The molecule has 2 unspecified atom stereocenters. The molecule has 20 heavy (non-hydrogen) atoms. The lowest BCUT2D eigenvalue weighted by Crippen LogP contribution is -2.29. The summed E-state index contributed by atoms with van der Waals surface area (Å²) in [5.74, 6) is 0.774. The van der Waals surface area contributed by atoms with Gasteiger partial charge in [-0.25, -0.2) is 0 Å². The minimum atomic E-state index is -0.401. The standard InChI is InChI=1S/C16H24N2O2/c17-9-14-5-1-2-6-15(14)11-20-10-12-4-3-7-13(8-12)16(18)19/h3-4,7-8,14-15H,1-2,5-6,9-11,17H2,(H2,18,19). The molecular weight excluding hydrogens is 252 g/mol. The molecule has 2 rings (SSSR count). The molecule has 1 fully saturated rings. The Hall–Kier alpha value is -1.39. The summed E-state index contributed by atoms with van der Waals surface area (Å²) in [6.07, 6.45) is 5.01. The first-order valence-electron chi connectivity index (χ1n) is 7.37. The van der Waals surface area contributed by atoms with Crippen LogP contribution in [0.5, 0.6) is 0 Å². The summed E-state index contributed by atoms with van der Waals surface area (Å²) in [6.45, 7) is 2.03. The van der Waals surface area contributed by atoms with Crippen molar-refractivity contribution in [2.45, 2.75) is 32.3 Å². The highest BCUT2D eigenvalue weighted by atomic mass is 16.5. The number of rotatable bonds is 6. The molecule has 1 aliphatic rings. The fourth-order valence-corrected chi connectivity index (χ4v) is 2.96. The lowest BCUT2D eigenvalue weighted by Gasteiger charge is -2.30. The number of hydrogen-bond donors (Lipinski definition) is 2. The van der Waals surface area contributed by atoms with E-state index in [1.807, 2.05) is 12.1 Å². The molecule has 0 radical (unpaired) electrons. The summed E-state index contributed by atoms with van der Waals surface area (Å²) in [6, 6.07) is 7.30. The van der Waals surface area contributed by atoms with Gasteiger partial charge in [0.15, 0.2) is 0 Å². The van der Waals surface area contributed by atoms with Crippen LogP contribution >= 0.6 is 0 Å². The first-order chi connectivity index (χ1) is 9.70. The van der Waals surface area contributed by atoms with E-state index in [-0.39, 0.29) is 0 Å². The maximum atomic E-state index is 11.1. The lowest BCUT2D eigenvalue weighted by molar-refractivity contribution is 0.0512. The molecule has 1 aromatic rings. The van der Waals surface area contributed by atoms with Crippen LogP contribution in [0.4, 0.5) is 0 Å². The number of carbonyl (C=O) groups is 1. The topological polar surface area (TPSA) is 78.3 Å². The Morgan fingerprint density at radius 3 is 2.70 bits per heavy atom. The molecule has 0 aromatic heterocycles. The zero-order valence-electron chi connectivity index (χ0n) is 11.9. The number of nitrogens with two attached hydrogens (primary N) is 2. The molecule has 1 amide bonds.